The minimum Gasteiger partial charge on any atom is -0.106 e. The standard InChI is InChI=1S/C6H6.2C2H4/c1-2-4-6-5-3-1;2*1-2/h1-6H;2*1-2H2. The van der Waals surface area contributed by atoms with E-state index in [1.165, 1.54) is 0 Å². The lowest BCUT2D eigenvalue weighted by atomic mass is 10.4. The van der Waals surface area contributed by atoms with E-state index in [9.17, 15) is 0 Å². The fourth-order valence-corrected chi connectivity index (χ4v) is 0.385. The van der Waals surface area contributed by atoms with Gasteiger partial charge in [-0.05, 0) is 0 Å². The zero-order valence-electron chi connectivity index (χ0n) is 6.29. The molecule has 10 heavy (non-hydrogen) atoms. The summed E-state index contributed by atoms with van der Waals surface area (Å²) >= 11 is 0. The van der Waals surface area contributed by atoms with Crippen LogP contribution in [0.2, 0.25) is 0 Å². The largest absolute Gasteiger partial charge is 0.106 e. The van der Waals surface area contributed by atoms with Gasteiger partial charge in [-0.3, -0.25) is 0 Å². The first-order chi connectivity index (χ1) is 5.00. The minimum atomic E-state index is 2.00. The van der Waals surface area contributed by atoms with Crippen molar-refractivity contribution in [3.8, 4) is 0 Å². The lowest BCUT2D eigenvalue weighted by molar-refractivity contribution is 1.72. The topological polar surface area (TPSA) is 0 Å². The van der Waals surface area contributed by atoms with E-state index in [1.54, 1.807) is 0 Å². The first-order valence-corrected chi connectivity index (χ1v) is 3.00. The van der Waals surface area contributed by atoms with Crippen LogP contribution in [0.25, 0.3) is 0 Å². The van der Waals surface area contributed by atoms with Crippen molar-refractivity contribution in [2.75, 3.05) is 0 Å². The summed E-state index contributed by atoms with van der Waals surface area (Å²) in [6, 6.07) is 12.0. The zero-order chi connectivity index (χ0) is 8.24. The fraction of sp³-hybridized carbons (Fsp3) is 0. The number of hydrogen-bond donors (Lipinski definition) is 0. The summed E-state index contributed by atoms with van der Waals surface area (Å²) in [7, 11) is 0. The summed E-state index contributed by atoms with van der Waals surface area (Å²) in [5, 5.41) is 0. The highest BCUT2D eigenvalue weighted by Gasteiger charge is 1.57. The Balaban J connectivity index is 0. The zero-order valence-corrected chi connectivity index (χ0v) is 6.29. The Hall–Kier alpha value is -1.30. The predicted octanol–water partition coefficient (Wildman–Crippen LogP) is 3.29. The second-order valence-corrected chi connectivity index (χ2v) is 1.15. The molecule has 0 nitrogen and oxygen atoms in total. The molecular weight excluding hydrogens is 120 g/mol. The summed E-state index contributed by atoms with van der Waals surface area (Å²) in [4.78, 5) is 0. The molecular formula is C10H14. The predicted molar refractivity (Wildman–Crippen MR) is 49.0 cm³/mol. The SMILES string of the molecule is C=C.C=C.c1ccccc1. The number of benzene rings is 1. The van der Waals surface area contributed by atoms with Crippen molar-refractivity contribution in [2.45, 2.75) is 0 Å². The van der Waals surface area contributed by atoms with Crippen LogP contribution in [-0.2, 0) is 0 Å². The smallest absolute Gasteiger partial charge is 0.0623 e. The summed E-state index contributed by atoms with van der Waals surface area (Å²) in [5.41, 5.74) is 0. The molecule has 0 N–H and O–H groups in total. The Morgan fingerprint density at radius 2 is 0.500 bits per heavy atom. The Morgan fingerprint density at radius 3 is 0.600 bits per heavy atom. The third-order valence-corrected chi connectivity index (χ3v) is 0.667. The first kappa shape index (κ1) is 11.5. The number of rotatable bonds is 0. The van der Waals surface area contributed by atoms with Crippen LogP contribution in [0, 0.1) is 0 Å². The van der Waals surface area contributed by atoms with Crippen LogP contribution in [0.4, 0.5) is 0 Å². The molecule has 0 heterocycles. The normalized spacial score (nSPS) is 5.60. The average Bonchev–Trinajstić information content (AvgIpc) is 2.14. The molecule has 0 heteroatoms. The Labute approximate surface area is 63.5 Å². The lowest BCUT2D eigenvalue weighted by Crippen LogP contribution is -1.47. The summed E-state index contributed by atoms with van der Waals surface area (Å²) in [6.07, 6.45) is 0. The summed E-state index contributed by atoms with van der Waals surface area (Å²) < 4.78 is 0. The Morgan fingerprint density at radius 1 is 0.400 bits per heavy atom. The van der Waals surface area contributed by atoms with E-state index < -0.39 is 0 Å². The first-order valence-electron chi connectivity index (χ1n) is 3.00. The van der Waals surface area contributed by atoms with E-state index in [0.717, 1.165) is 0 Å². The van der Waals surface area contributed by atoms with E-state index in [2.05, 4.69) is 26.3 Å². The molecule has 1 rings (SSSR count). The van der Waals surface area contributed by atoms with Gasteiger partial charge in [-0.1, -0.05) is 36.4 Å². The summed E-state index contributed by atoms with van der Waals surface area (Å²) in [5.74, 6) is 0. The highest BCUT2D eigenvalue weighted by molar-refractivity contribution is 4.99. The van der Waals surface area contributed by atoms with Gasteiger partial charge in [-0.15, -0.1) is 26.3 Å². The van der Waals surface area contributed by atoms with Crippen molar-refractivity contribution in [1.29, 1.82) is 0 Å². The van der Waals surface area contributed by atoms with Gasteiger partial charge in [-0.2, -0.15) is 0 Å². The van der Waals surface area contributed by atoms with E-state index in [1.807, 2.05) is 36.4 Å². The maximum Gasteiger partial charge on any atom is -0.0623 e. The van der Waals surface area contributed by atoms with Crippen LogP contribution >= 0.6 is 0 Å². The quantitative estimate of drug-likeness (QED) is 0.477. The highest BCUT2D eigenvalue weighted by Crippen LogP contribution is 1.79. The molecule has 0 aliphatic rings. The van der Waals surface area contributed by atoms with Gasteiger partial charge in [0.05, 0.1) is 0 Å². The van der Waals surface area contributed by atoms with Crippen LogP contribution in [0.5, 0.6) is 0 Å². The van der Waals surface area contributed by atoms with Gasteiger partial charge in [0.2, 0.25) is 0 Å². The molecule has 0 saturated carbocycles. The van der Waals surface area contributed by atoms with Crippen molar-refractivity contribution >= 4 is 0 Å². The molecule has 0 bridgehead atoms. The average molecular weight is 134 g/mol. The molecule has 1 aromatic carbocycles. The molecule has 0 saturated heterocycles. The summed E-state index contributed by atoms with van der Waals surface area (Å²) in [6.45, 7) is 12.0. The second kappa shape index (κ2) is 15.6. The molecule has 0 atom stereocenters. The van der Waals surface area contributed by atoms with Gasteiger partial charge in [-0.25, -0.2) is 0 Å². The van der Waals surface area contributed by atoms with E-state index >= 15 is 0 Å². The van der Waals surface area contributed by atoms with E-state index in [4.69, 9.17) is 0 Å². The minimum absolute atomic E-state index is 2.00. The van der Waals surface area contributed by atoms with E-state index in [0.29, 0.717) is 0 Å². The van der Waals surface area contributed by atoms with Crippen molar-refractivity contribution in [1.82, 2.24) is 0 Å². The van der Waals surface area contributed by atoms with Gasteiger partial charge in [0.15, 0.2) is 0 Å². The van der Waals surface area contributed by atoms with Crippen molar-refractivity contribution in [3.05, 3.63) is 62.7 Å². The van der Waals surface area contributed by atoms with Crippen LogP contribution in [0.3, 0.4) is 0 Å². The maximum absolute atomic E-state index is 3.00. The molecule has 0 amide bonds. The molecule has 0 spiro atoms. The monoisotopic (exact) mass is 134 g/mol. The molecule has 0 aliphatic heterocycles. The number of hydrogen-bond acceptors (Lipinski definition) is 0. The van der Waals surface area contributed by atoms with Crippen molar-refractivity contribution in [2.24, 2.45) is 0 Å². The Bertz CT molecular complexity index is 92.0. The van der Waals surface area contributed by atoms with Crippen molar-refractivity contribution in [3.63, 3.8) is 0 Å². The van der Waals surface area contributed by atoms with Crippen LogP contribution < -0.4 is 0 Å². The van der Waals surface area contributed by atoms with Crippen LogP contribution in [0.15, 0.2) is 62.7 Å². The lowest BCUT2D eigenvalue weighted by Gasteiger charge is -1.69. The van der Waals surface area contributed by atoms with Gasteiger partial charge in [0.1, 0.15) is 0 Å². The van der Waals surface area contributed by atoms with Gasteiger partial charge in [0.25, 0.3) is 0 Å². The van der Waals surface area contributed by atoms with Gasteiger partial charge in [0, 0.05) is 0 Å². The maximum atomic E-state index is 3.00. The second-order valence-electron chi connectivity index (χ2n) is 1.15. The van der Waals surface area contributed by atoms with E-state index in [-0.39, 0.29) is 0 Å². The molecule has 0 unspecified atom stereocenters. The molecule has 54 valence electrons. The third kappa shape index (κ3) is 9.85. The van der Waals surface area contributed by atoms with Crippen molar-refractivity contribution < 1.29 is 0 Å². The van der Waals surface area contributed by atoms with Crippen LogP contribution in [-0.4, -0.2) is 0 Å². The fourth-order valence-electron chi connectivity index (χ4n) is 0.385. The van der Waals surface area contributed by atoms with Gasteiger partial charge >= 0.3 is 0 Å². The molecule has 0 radical (unpaired) electrons. The Kier molecular flexibility index (Phi) is 18.0. The molecule has 0 aliphatic carbocycles. The molecule has 0 aromatic heterocycles. The van der Waals surface area contributed by atoms with Gasteiger partial charge < -0.3 is 0 Å². The van der Waals surface area contributed by atoms with Crippen LogP contribution in [0.1, 0.15) is 0 Å². The highest BCUT2D eigenvalue weighted by atomic mass is 13.6. The third-order valence-electron chi connectivity index (χ3n) is 0.667. The molecule has 1 aromatic rings. The molecule has 0 fully saturated rings.